The van der Waals surface area contributed by atoms with Crippen molar-refractivity contribution in [1.29, 1.82) is 5.26 Å². The number of hydrogen-bond donors (Lipinski definition) is 3. The maximum Gasteiger partial charge on any atom is 0.466 e. The molecule has 6 heteroatoms. The van der Waals surface area contributed by atoms with E-state index in [0.29, 0.717) is 0 Å². The average molecular weight is 151 g/mol. The van der Waals surface area contributed by atoms with Crippen molar-refractivity contribution in [1.82, 2.24) is 0 Å². The fourth-order valence-corrected chi connectivity index (χ4v) is 0. The molecule has 0 bridgehead atoms. The summed E-state index contributed by atoms with van der Waals surface area (Å²) in [5.41, 5.74) is 0. The molecule has 52 valence electrons. The lowest BCUT2D eigenvalue weighted by Crippen LogP contribution is -1.66. The molecule has 0 aromatic carbocycles. The molecule has 0 aliphatic carbocycles. The molecule has 0 aromatic rings. The van der Waals surface area contributed by atoms with Crippen LogP contribution in [0.3, 0.4) is 0 Å². The highest BCUT2D eigenvalue weighted by molar-refractivity contribution is 7.45. The molecule has 0 unspecified atom stereocenters. The average Bonchev–Trinajstić information content (AvgIpc) is 1.61. The highest BCUT2D eigenvalue weighted by Crippen LogP contribution is 2.25. The lowest BCUT2D eigenvalue weighted by molar-refractivity contribution is 0.275. The minimum atomic E-state index is -4.64. The molecule has 0 aromatic heterocycles. The first kappa shape index (κ1) is 11.2. The van der Waals surface area contributed by atoms with Gasteiger partial charge in [-0.3, -0.25) is 0 Å². The van der Waals surface area contributed by atoms with Crippen molar-refractivity contribution in [2.45, 2.75) is 0 Å². The summed E-state index contributed by atoms with van der Waals surface area (Å²) in [5.74, 6) is 0. The molecule has 0 aliphatic rings. The Kier molecular flexibility index (Phi) is 6.80. The summed E-state index contributed by atoms with van der Waals surface area (Å²) in [4.78, 5) is 21.6. The Bertz CT molecular complexity index is 145. The van der Waals surface area contributed by atoms with Crippen LogP contribution in [0, 0.1) is 11.3 Å². The SMILES string of the molecule is C=CC#N.O=P(O)(O)O. The standard InChI is InChI=1S/C3H3N.H3O4P/c1-2-3-4;1-5(2,3)4/h2H,1H2;(H3,1,2,3,4). The molecule has 0 rings (SSSR count). The van der Waals surface area contributed by atoms with Crippen LogP contribution >= 0.6 is 7.82 Å². The van der Waals surface area contributed by atoms with Gasteiger partial charge in [-0.05, 0) is 0 Å². The topological polar surface area (TPSA) is 102 Å². The lowest BCUT2D eigenvalue weighted by atomic mass is 10.8. The van der Waals surface area contributed by atoms with E-state index < -0.39 is 7.82 Å². The predicted octanol–water partition coefficient (Wildman–Crippen LogP) is -0.233. The van der Waals surface area contributed by atoms with Gasteiger partial charge in [0.25, 0.3) is 0 Å². The molecular formula is C3H6NO4P. The zero-order valence-electron chi connectivity index (χ0n) is 4.43. The van der Waals surface area contributed by atoms with E-state index in [1.165, 1.54) is 6.08 Å². The molecule has 0 atom stereocenters. The van der Waals surface area contributed by atoms with Crippen LogP contribution in [-0.2, 0) is 4.57 Å². The second-order valence-corrected chi connectivity index (χ2v) is 1.87. The van der Waals surface area contributed by atoms with Gasteiger partial charge in [0.2, 0.25) is 0 Å². The summed E-state index contributed by atoms with van der Waals surface area (Å²) in [6.45, 7) is 3.12. The Labute approximate surface area is 52.1 Å². The molecule has 0 heterocycles. The van der Waals surface area contributed by atoms with E-state index in [1.807, 2.05) is 0 Å². The highest BCUT2D eigenvalue weighted by atomic mass is 31.2. The van der Waals surface area contributed by atoms with E-state index in [-0.39, 0.29) is 0 Å². The number of hydrogen-bond acceptors (Lipinski definition) is 2. The van der Waals surface area contributed by atoms with Gasteiger partial charge in [0.15, 0.2) is 0 Å². The third-order valence-electron chi connectivity index (χ3n) is 0.0913. The largest absolute Gasteiger partial charge is 0.466 e. The van der Waals surface area contributed by atoms with Gasteiger partial charge in [0, 0.05) is 6.08 Å². The Morgan fingerprint density at radius 2 is 1.67 bits per heavy atom. The maximum atomic E-state index is 8.88. The van der Waals surface area contributed by atoms with Crippen LogP contribution in [0.15, 0.2) is 12.7 Å². The van der Waals surface area contributed by atoms with E-state index in [2.05, 4.69) is 6.58 Å². The number of rotatable bonds is 0. The Hall–Kier alpha value is -0.660. The summed E-state index contributed by atoms with van der Waals surface area (Å²) < 4.78 is 8.88. The molecule has 0 spiro atoms. The summed E-state index contributed by atoms with van der Waals surface area (Å²) in [7, 11) is -4.64. The third-order valence-corrected chi connectivity index (χ3v) is 0.0913. The monoisotopic (exact) mass is 151 g/mol. The van der Waals surface area contributed by atoms with Crippen molar-refractivity contribution in [3.63, 3.8) is 0 Å². The molecule has 9 heavy (non-hydrogen) atoms. The van der Waals surface area contributed by atoms with Crippen LogP contribution in [0.4, 0.5) is 0 Å². The van der Waals surface area contributed by atoms with E-state index in [1.54, 1.807) is 6.07 Å². The summed E-state index contributed by atoms with van der Waals surface area (Å²) >= 11 is 0. The molecule has 0 amide bonds. The van der Waals surface area contributed by atoms with Gasteiger partial charge in [-0.25, -0.2) is 4.57 Å². The van der Waals surface area contributed by atoms with E-state index in [0.717, 1.165) is 0 Å². The normalized spacial score (nSPS) is 8.22. The molecular weight excluding hydrogens is 145 g/mol. The van der Waals surface area contributed by atoms with Crippen molar-refractivity contribution in [2.24, 2.45) is 0 Å². The molecule has 5 nitrogen and oxygen atoms in total. The Morgan fingerprint density at radius 3 is 1.67 bits per heavy atom. The van der Waals surface area contributed by atoms with Gasteiger partial charge in [-0.1, -0.05) is 6.58 Å². The summed E-state index contributed by atoms with van der Waals surface area (Å²) in [6.07, 6.45) is 1.18. The van der Waals surface area contributed by atoms with Crippen molar-refractivity contribution < 1.29 is 19.2 Å². The summed E-state index contributed by atoms with van der Waals surface area (Å²) in [6, 6.07) is 1.69. The van der Waals surface area contributed by atoms with Gasteiger partial charge in [-0.2, -0.15) is 5.26 Å². The van der Waals surface area contributed by atoms with Crippen molar-refractivity contribution >= 4 is 7.82 Å². The highest BCUT2D eigenvalue weighted by Gasteiger charge is 2.00. The number of allylic oxidation sites excluding steroid dienone is 1. The minimum Gasteiger partial charge on any atom is -0.303 e. The first-order valence-electron chi connectivity index (χ1n) is 1.70. The molecule has 0 aliphatic heterocycles. The van der Waals surface area contributed by atoms with E-state index in [9.17, 15) is 0 Å². The first-order valence-corrected chi connectivity index (χ1v) is 3.27. The zero-order chi connectivity index (χ0) is 7.91. The van der Waals surface area contributed by atoms with Crippen LogP contribution in [-0.4, -0.2) is 14.7 Å². The van der Waals surface area contributed by atoms with Crippen LogP contribution < -0.4 is 0 Å². The molecule has 0 saturated carbocycles. The number of nitrogens with zero attached hydrogens (tertiary/aromatic N) is 1. The van der Waals surface area contributed by atoms with Gasteiger partial charge in [0.1, 0.15) is 0 Å². The van der Waals surface area contributed by atoms with Gasteiger partial charge in [-0.15, -0.1) is 0 Å². The molecule has 3 N–H and O–H groups in total. The van der Waals surface area contributed by atoms with Crippen molar-refractivity contribution in [3.8, 4) is 6.07 Å². The van der Waals surface area contributed by atoms with Gasteiger partial charge in [0.05, 0.1) is 6.07 Å². The molecule has 0 radical (unpaired) electrons. The van der Waals surface area contributed by atoms with Crippen molar-refractivity contribution in [2.75, 3.05) is 0 Å². The molecule has 0 saturated heterocycles. The Balaban J connectivity index is 0. The Morgan fingerprint density at radius 1 is 1.56 bits per heavy atom. The summed E-state index contributed by atoms with van der Waals surface area (Å²) in [5, 5.41) is 7.51. The van der Waals surface area contributed by atoms with Gasteiger partial charge >= 0.3 is 7.82 Å². The molecule has 0 fully saturated rings. The van der Waals surface area contributed by atoms with Crippen LogP contribution in [0.1, 0.15) is 0 Å². The maximum absolute atomic E-state index is 8.88. The van der Waals surface area contributed by atoms with Crippen molar-refractivity contribution in [3.05, 3.63) is 12.7 Å². The second kappa shape index (κ2) is 5.48. The van der Waals surface area contributed by atoms with Crippen LogP contribution in [0.5, 0.6) is 0 Å². The fourth-order valence-electron chi connectivity index (χ4n) is 0. The first-order chi connectivity index (χ1) is 3.91. The number of nitriles is 1. The minimum absolute atomic E-state index is 1.18. The van der Waals surface area contributed by atoms with Crippen LogP contribution in [0.2, 0.25) is 0 Å². The van der Waals surface area contributed by atoms with E-state index >= 15 is 0 Å². The van der Waals surface area contributed by atoms with Crippen LogP contribution in [0.25, 0.3) is 0 Å². The van der Waals surface area contributed by atoms with Gasteiger partial charge < -0.3 is 14.7 Å². The lowest BCUT2D eigenvalue weighted by Gasteiger charge is -1.82. The third kappa shape index (κ3) is 1810. The number of phosphoric acid groups is 1. The second-order valence-electron chi connectivity index (χ2n) is 0.847. The quantitative estimate of drug-likeness (QED) is 0.327. The predicted molar refractivity (Wildman–Crippen MR) is 30.1 cm³/mol. The van der Waals surface area contributed by atoms with E-state index in [4.69, 9.17) is 24.5 Å². The smallest absolute Gasteiger partial charge is 0.303 e. The zero-order valence-corrected chi connectivity index (χ0v) is 5.32. The fraction of sp³-hybridized carbons (Fsp3) is 0.